The van der Waals surface area contributed by atoms with Crippen molar-refractivity contribution in [2.45, 2.75) is 102 Å². The number of cyclic esters (lactones) is 1. The molecule has 7 atom stereocenters. The number of primary amides is 1. The van der Waals surface area contributed by atoms with E-state index in [1.54, 1.807) is 56.3 Å². The Bertz CT molecular complexity index is 2560. The number of amides is 8. The molecule has 1 saturated heterocycles. The largest absolute Gasteiger partial charge is 0.508 e. The first-order valence-electron chi connectivity index (χ1n) is 24.0. The van der Waals surface area contributed by atoms with Gasteiger partial charge in [-0.2, -0.15) is 0 Å². The molecule has 1 heterocycles. The number of allylic oxidation sites excluding steroid dienone is 1. The van der Waals surface area contributed by atoms with E-state index in [1.807, 2.05) is 31.2 Å². The minimum atomic E-state index is -1.92. The molecule has 4 rings (SSSR count). The van der Waals surface area contributed by atoms with Gasteiger partial charge in [0.15, 0.2) is 6.04 Å². The lowest BCUT2D eigenvalue weighted by atomic mass is 10.00. The van der Waals surface area contributed by atoms with Crippen LogP contribution in [0.4, 0.5) is 0 Å². The SMILES string of the molecule is CCC/C=C\c1ccccc1/C=C/C(=O)NC1COC(=O)C(CO)NC(=O)[C@H](CC(N)=O)NC(=O)[C@H]([C@H](C)O)NC(=O)[C@@H](Cc2ccccc2)NC(=O)[C@H](CC(C)C)NC(=O)/C(=C/c2ccc(O)cc2)N(C)C1=O. The number of benzene rings is 3. The lowest BCUT2D eigenvalue weighted by Crippen LogP contribution is -2.62. The van der Waals surface area contributed by atoms with Gasteiger partial charge < -0.3 is 62.6 Å². The van der Waals surface area contributed by atoms with E-state index in [1.165, 1.54) is 43.5 Å². The molecule has 1 fully saturated rings. The molecule has 0 spiro atoms. The smallest absolute Gasteiger partial charge is 0.331 e. The fourth-order valence-electron chi connectivity index (χ4n) is 7.46. The number of aromatic hydroxyl groups is 1. The minimum absolute atomic E-state index is 0.0199. The molecule has 0 radical (unpaired) electrons. The molecular formula is C53H66N8O13. The molecule has 21 nitrogen and oxygen atoms in total. The molecule has 1 aliphatic rings. The first-order chi connectivity index (χ1) is 35.2. The number of ether oxygens (including phenoxy) is 1. The maximum atomic E-state index is 14.7. The number of unbranched alkanes of at least 4 members (excludes halogenated alkanes) is 1. The Kier molecular flexibility index (Phi) is 22.7. The number of carbonyl (C=O) groups is 9. The Hall–Kier alpha value is -8.17. The third-order valence-corrected chi connectivity index (χ3v) is 11.4. The Morgan fingerprint density at radius 2 is 1.38 bits per heavy atom. The molecule has 0 bridgehead atoms. The summed E-state index contributed by atoms with van der Waals surface area (Å²) in [5.41, 5.74) is 7.27. The third kappa shape index (κ3) is 18.1. The van der Waals surface area contributed by atoms with Gasteiger partial charge in [0.2, 0.25) is 35.4 Å². The second-order valence-electron chi connectivity index (χ2n) is 18.0. The molecular weight excluding hydrogens is 957 g/mol. The number of hydrogen-bond acceptors (Lipinski definition) is 13. The Labute approximate surface area is 429 Å². The highest BCUT2D eigenvalue weighted by atomic mass is 16.5. The average Bonchev–Trinajstić information content (AvgIpc) is 3.36. The summed E-state index contributed by atoms with van der Waals surface area (Å²) < 4.78 is 5.42. The standard InChI is InChI=1S/C53H66N8O13/c1-6-7-9-16-35-17-12-13-18-36(35)21-24-45(66)55-42-30-74-53(73)41(29-62)59-48(68)40(28-44(54)65)58-51(71)46(32(4)63)60-49(69)39(26-33-14-10-8-11-15-33)56-47(67)38(25-31(2)3)57-50(70)43(61(5)52(42)72)27-34-19-22-37(64)23-20-34/h8-24,27,31-32,38-42,46,62-64H,6-7,25-26,28-30H2,1-5H3,(H2,54,65)(H,55,66)(H,56,67)(H,57,70)(H,58,71)(H,59,68)(H,60,69)/b16-9-,24-21+,43-27-/t32-,38-,39+,40-,41?,42?,46-/m0/s1. The van der Waals surface area contributed by atoms with Gasteiger partial charge in [-0.25, -0.2) is 4.79 Å². The summed E-state index contributed by atoms with van der Waals surface area (Å²) in [6.07, 6.45) is 6.76. The van der Waals surface area contributed by atoms with E-state index >= 15 is 0 Å². The number of nitrogens with two attached hydrogens (primary N) is 1. The van der Waals surface area contributed by atoms with E-state index in [2.05, 4.69) is 31.9 Å². The summed E-state index contributed by atoms with van der Waals surface area (Å²) >= 11 is 0. The predicted molar refractivity (Wildman–Crippen MR) is 273 cm³/mol. The maximum absolute atomic E-state index is 14.7. The van der Waals surface area contributed by atoms with Crippen LogP contribution >= 0.6 is 0 Å². The fraction of sp³-hybridized carbons (Fsp3) is 0.377. The zero-order valence-electron chi connectivity index (χ0n) is 41.9. The molecule has 3 aromatic rings. The van der Waals surface area contributed by atoms with E-state index in [4.69, 9.17) is 10.5 Å². The predicted octanol–water partition coefficient (Wildman–Crippen LogP) is 0.721. The number of rotatable bonds is 15. The van der Waals surface area contributed by atoms with Gasteiger partial charge in [-0.1, -0.05) is 106 Å². The van der Waals surface area contributed by atoms with Crippen molar-refractivity contribution in [3.8, 4) is 5.75 Å². The zero-order chi connectivity index (χ0) is 54.5. The molecule has 0 aromatic heterocycles. The van der Waals surface area contributed by atoms with E-state index in [9.17, 15) is 58.5 Å². The van der Waals surface area contributed by atoms with Crippen LogP contribution in [0.5, 0.6) is 5.75 Å². The maximum Gasteiger partial charge on any atom is 0.331 e. The van der Waals surface area contributed by atoms with Crippen molar-refractivity contribution in [1.29, 1.82) is 0 Å². The summed E-state index contributed by atoms with van der Waals surface area (Å²) in [4.78, 5) is 126. The minimum Gasteiger partial charge on any atom is -0.508 e. The second kappa shape index (κ2) is 28.8. The molecule has 74 heavy (non-hydrogen) atoms. The number of likely N-dealkylation sites (N-methyl/N-ethyl adjacent to an activating group) is 1. The number of esters is 1. The first-order valence-corrected chi connectivity index (χ1v) is 24.0. The number of hydrogen-bond donors (Lipinski definition) is 10. The van der Waals surface area contributed by atoms with Gasteiger partial charge in [0.25, 0.3) is 11.8 Å². The average molecular weight is 1020 g/mol. The molecule has 0 saturated carbocycles. The highest BCUT2D eigenvalue weighted by molar-refractivity contribution is 6.05. The van der Waals surface area contributed by atoms with Crippen molar-refractivity contribution < 1.29 is 63.2 Å². The van der Waals surface area contributed by atoms with Crippen LogP contribution in [0.25, 0.3) is 18.2 Å². The van der Waals surface area contributed by atoms with Crippen LogP contribution in [0.3, 0.4) is 0 Å². The number of carbonyl (C=O) groups excluding carboxylic acids is 9. The second-order valence-corrected chi connectivity index (χ2v) is 18.0. The molecule has 1 aliphatic heterocycles. The van der Waals surface area contributed by atoms with E-state index in [0.29, 0.717) is 11.1 Å². The van der Waals surface area contributed by atoms with Gasteiger partial charge in [-0.3, -0.25) is 38.4 Å². The van der Waals surface area contributed by atoms with Gasteiger partial charge in [-0.15, -0.1) is 0 Å². The lowest BCUT2D eigenvalue weighted by molar-refractivity contribution is -0.152. The van der Waals surface area contributed by atoms with Crippen molar-refractivity contribution in [3.05, 3.63) is 119 Å². The van der Waals surface area contributed by atoms with Gasteiger partial charge in [0.1, 0.15) is 48.3 Å². The van der Waals surface area contributed by atoms with Crippen molar-refractivity contribution in [2.24, 2.45) is 11.7 Å². The third-order valence-electron chi connectivity index (χ3n) is 11.4. The molecule has 3 aromatic carbocycles. The van der Waals surface area contributed by atoms with Crippen LogP contribution < -0.4 is 37.6 Å². The quantitative estimate of drug-likeness (QED) is 0.0743. The van der Waals surface area contributed by atoms with Gasteiger partial charge in [-0.05, 0) is 72.2 Å². The monoisotopic (exact) mass is 1020 g/mol. The molecule has 2 unspecified atom stereocenters. The fourth-order valence-corrected chi connectivity index (χ4v) is 7.46. The van der Waals surface area contributed by atoms with Crippen LogP contribution in [0.15, 0.2) is 96.7 Å². The normalized spacial score (nSPS) is 22.2. The molecule has 8 amide bonds. The summed E-state index contributed by atoms with van der Waals surface area (Å²) in [6, 6.07) is 10.8. The van der Waals surface area contributed by atoms with E-state index < -0.39 is 121 Å². The lowest BCUT2D eigenvalue weighted by Gasteiger charge is -2.29. The van der Waals surface area contributed by atoms with Gasteiger partial charge in [0.05, 0.1) is 19.1 Å². The summed E-state index contributed by atoms with van der Waals surface area (Å²) in [5, 5.41) is 45.8. The Balaban J connectivity index is 1.88. The number of nitrogens with zero attached hydrogens (tertiary/aromatic N) is 1. The Morgan fingerprint density at radius 3 is 1.99 bits per heavy atom. The van der Waals surface area contributed by atoms with Crippen molar-refractivity contribution in [3.63, 3.8) is 0 Å². The highest BCUT2D eigenvalue weighted by Crippen LogP contribution is 2.18. The zero-order valence-corrected chi connectivity index (χ0v) is 41.9. The van der Waals surface area contributed by atoms with Gasteiger partial charge >= 0.3 is 5.97 Å². The Morgan fingerprint density at radius 1 is 0.784 bits per heavy atom. The number of phenols is 1. The molecule has 21 heteroatoms. The van der Waals surface area contributed by atoms with Crippen LogP contribution in [-0.2, 0) is 54.3 Å². The van der Waals surface area contributed by atoms with Crippen molar-refractivity contribution >= 4 is 71.5 Å². The number of aliphatic hydroxyl groups excluding tert-OH is 2. The molecule has 0 aliphatic carbocycles. The highest BCUT2D eigenvalue weighted by Gasteiger charge is 2.37. The number of phenolic OH excluding ortho intramolecular Hbond substituents is 1. The molecule has 396 valence electrons. The van der Waals surface area contributed by atoms with E-state index in [-0.39, 0.29) is 30.1 Å². The summed E-state index contributed by atoms with van der Waals surface area (Å²) in [5.74, 6) is -10.1. The van der Waals surface area contributed by atoms with Crippen LogP contribution in [0.2, 0.25) is 0 Å². The summed E-state index contributed by atoms with van der Waals surface area (Å²) in [6.45, 7) is 4.62. The molecule has 11 N–H and O–H groups in total. The van der Waals surface area contributed by atoms with Crippen molar-refractivity contribution in [2.75, 3.05) is 20.3 Å². The topological polar surface area (TPSA) is 325 Å². The number of nitrogens with one attached hydrogen (secondary N) is 6. The van der Waals surface area contributed by atoms with Crippen LogP contribution in [0.1, 0.15) is 75.6 Å². The first kappa shape index (κ1) is 58.4. The van der Waals surface area contributed by atoms with Crippen molar-refractivity contribution in [1.82, 2.24) is 36.8 Å². The van der Waals surface area contributed by atoms with Gasteiger partial charge in [0, 0.05) is 19.5 Å². The van der Waals surface area contributed by atoms with Crippen LogP contribution in [0, 0.1) is 5.92 Å². The number of aliphatic hydroxyl groups is 2. The van der Waals surface area contributed by atoms with Crippen LogP contribution in [-0.4, -0.2) is 136 Å². The summed E-state index contributed by atoms with van der Waals surface area (Å²) in [7, 11) is 1.18. The van der Waals surface area contributed by atoms with E-state index in [0.717, 1.165) is 36.3 Å².